The molecule has 0 bridgehead atoms. The minimum atomic E-state index is -0.440. The summed E-state index contributed by atoms with van der Waals surface area (Å²) in [4.78, 5) is 14.7. The zero-order chi connectivity index (χ0) is 19.8. The van der Waals surface area contributed by atoms with Crippen LogP contribution >= 0.6 is 27.5 Å². The first-order valence-corrected chi connectivity index (χ1v) is 9.97. The van der Waals surface area contributed by atoms with Crippen LogP contribution in [-0.2, 0) is 4.79 Å². The van der Waals surface area contributed by atoms with Gasteiger partial charge in [0.25, 0.3) is 5.91 Å². The minimum absolute atomic E-state index is 0.230. The molecule has 1 aliphatic rings. The highest BCUT2D eigenvalue weighted by Crippen LogP contribution is 2.45. The quantitative estimate of drug-likeness (QED) is 0.493. The smallest absolute Gasteiger partial charge is 0.294 e. The molecule has 0 fully saturated rings. The Balaban J connectivity index is 1.90. The summed E-state index contributed by atoms with van der Waals surface area (Å²) in [6, 6.07) is 22.2. The van der Waals surface area contributed by atoms with Crippen LogP contribution in [0.1, 0.15) is 22.7 Å². The molecule has 0 aliphatic carbocycles. The molecule has 0 aromatic heterocycles. The second kappa shape index (κ2) is 7.46. The Morgan fingerprint density at radius 2 is 1.54 bits per heavy atom. The van der Waals surface area contributed by atoms with Crippen LogP contribution in [0.25, 0.3) is 5.57 Å². The molecule has 4 rings (SSSR count). The van der Waals surface area contributed by atoms with Gasteiger partial charge in [0.15, 0.2) is 5.76 Å². The van der Waals surface area contributed by atoms with Gasteiger partial charge in [-0.25, -0.2) is 0 Å². The van der Waals surface area contributed by atoms with Gasteiger partial charge in [0.1, 0.15) is 0 Å². The van der Waals surface area contributed by atoms with Gasteiger partial charge in [-0.3, -0.25) is 9.69 Å². The number of hydrogen-bond acceptors (Lipinski definition) is 2. The molecule has 1 amide bonds. The first-order chi connectivity index (χ1) is 13.5. The van der Waals surface area contributed by atoms with Crippen molar-refractivity contribution in [1.82, 2.24) is 0 Å². The number of carbonyl (C=O) groups excluding carboxylic acids is 1. The summed E-state index contributed by atoms with van der Waals surface area (Å²) in [7, 11) is 0. The lowest BCUT2D eigenvalue weighted by molar-refractivity contribution is -0.117. The molecule has 1 N–H and O–H groups in total. The maximum absolute atomic E-state index is 13.1. The fourth-order valence-corrected chi connectivity index (χ4v) is 3.85. The second-order valence-electron chi connectivity index (χ2n) is 6.73. The molecule has 1 atom stereocenters. The number of anilines is 1. The molecule has 3 aromatic rings. The van der Waals surface area contributed by atoms with Gasteiger partial charge in [-0.15, -0.1) is 0 Å². The van der Waals surface area contributed by atoms with Crippen LogP contribution < -0.4 is 4.90 Å². The number of nitrogens with zero attached hydrogens (tertiary/aromatic N) is 1. The van der Waals surface area contributed by atoms with Crippen LogP contribution in [0.3, 0.4) is 0 Å². The van der Waals surface area contributed by atoms with Crippen LogP contribution in [0, 0.1) is 6.92 Å². The molecular formula is C23H17BrClNO2. The van der Waals surface area contributed by atoms with Crippen molar-refractivity contribution in [1.29, 1.82) is 0 Å². The van der Waals surface area contributed by atoms with Gasteiger partial charge in [-0.2, -0.15) is 0 Å². The third-order valence-electron chi connectivity index (χ3n) is 4.86. The molecule has 1 heterocycles. The van der Waals surface area contributed by atoms with Crippen molar-refractivity contribution in [2.45, 2.75) is 13.0 Å². The average Bonchev–Trinajstić information content (AvgIpc) is 2.95. The van der Waals surface area contributed by atoms with Crippen LogP contribution in [0.15, 0.2) is 83.0 Å². The van der Waals surface area contributed by atoms with Crippen LogP contribution in [-0.4, -0.2) is 11.0 Å². The standard InChI is InChI=1S/C23H17BrClNO2/c1-14-2-4-15(5-3-14)20-21(16-6-8-17(24)9-7-16)26(23(28)22(20)27)19-12-10-18(25)11-13-19/h2-13,21,27H,1H3. The Hall–Kier alpha value is -2.56. The van der Waals surface area contributed by atoms with E-state index in [0.717, 1.165) is 21.2 Å². The molecule has 140 valence electrons. The van der Waals surface area contributed by atoms with Gasteiger partial charge >= 0.3 is 0 Å². The summed E-state index contributed by atoms with van der Waals surface area (Å²) < 4.78 is 0.948. The van der Waals surface area contributed by atoms with Crippen molar-refractivity contribution in [2.75, 3.05) is 4.90 Å². The van der Waals surface area contributed by atoms with Gasteiger partial charge in [0.2, 0.25) is 0 Å². The van der Waals surface area contributed by atoms with E-state index < -0.39 is 11.9 Å². The van der Waals surface area contributed by atoms with Gasteiger partial charge in [-0.1, -0.05) is 69.5 Å². The lowest BCUT2D eigenvalue weighted by atomic mass is 9.93. The highest BCUT2D eigenvalue weighted by atomic mass is 79.9. The summed E-state index contributed by atoms with van der Waals surface area (Å²) in [6.07, 6.45) is 0. The molecular weight excluding hydrogens is 438 g/mol. The Morgan fingerprint density at radius 3 is 2.14 bits per heavy atom. The largest absolute Gasteiger partial charge is 0.503 e. The van der Waals surface area contributed by atoms with Crippen LogP contribution in [0.5, 0.6) is 0 Å². The molecule has 5 heteroatoms. The predicted molar refractivity (Wildman–Crippen MR) is 117 cm³/mol. The van der Waals surface area contributed by atoms with Crippen molar-refractivity contribution in [3.63, 3.8) is 0 Å². The molecule has 1 aliphatic heterocycles. The number of benzene rings is 3. The number of hydrogen-bond donors (Lipinski definition) is 1. The number of aliphatic hydroxyl groups excluding tert-OH is 1. The zero-order valence-corrected chi connectivity index (χ0v) is 17.4. The number of carbonyl (C=O) groups is 1. The maximum atomic E-state index is 13.1. The lowest BCUT2D eigenvalue weighted by Crippen LogP contribution is -2.30. The van der Waals surface area contributed by atoms with Crippen molar-refractivity contribution in [3.8, 4) is 0 Å². The summed E-state index contributed by atoms with van der Waals surface area (Å²) in [5.74, 6) is -0.655. The molecule has 1 unspecified atom stereocenters. The third-order valence-corrected chi connectivity index (χ3v) is 5.64. The summed E-state index contributed by atoms with van der Waals surface area (Å²) in [6.45, 7) is 2.00. The molecule has 28 heavy (non-hydrogen) atoms. The number of amides is 1. The molecule has 0 radical (unpaired) electrons. The topological polar surface area (TPSA) is 40.5 Å². The van der Waals surface area contributed by atoms with Crippen molar-refractivity contribution in [2.24, 2.45) is 0 Å². The van der Waals surface area contributed by atoms with Crippen LogP contribution in [0.4, 0.5) is 5.69 Å². The van der Waals surface area contributed by atoms with Crippen molar-refractivity contribution >= 4 is 44.7 Å². The van der Waals surface area contributed by atoms with E-state index in [4.69, 9.17) is 11.6 Å². The summed E-state index contributed by atoms with van der Waals surface area (Å²) in [5.41, 5.74) is 4.12. The minimum Gasteiger partial charge on any atom is -0.503 e. The highest BCUT2D eigenvalue weighted by Gasteiger charge is 2.41. The zero-order valence-electron chi connectivity index (χ0n) is 15.1. The maximum Gasteiger partial charge on any atom is 0.294 e. The average molecular weight is 455 g/mol. The summed E-state index contributed by atoms with van der Waals surface area (Å²) >= 11 is 9.48. The lowest BCUT2D eigenvalue weighted by Gasteiger charge is -2.27. The van der Waals surface area contributed by atoms with Crippen molar-refractivity contribution in [3.05, 3.63) is 105 Å². The van der Waals surface area contributed by atoms with E-state index in [2.05, 4.69) is 15.9 Å². The number of aliphatic hydroxyl groups is 1. The Labute approximate surface area is 177 Å². The molecule has 0 spiro atoms. The van der Waals surface area contributed by atoms with Gasteiger partial charge in [0.05, 0.1) is 6.04 Å². The van der Waals surface area contributed by atoms with E-state index in [9.17, 15) is 9.90 Å². The number of aryl methyl sites for hydroxylation is 1. The fourth-order valence-electron chi connectivity index (χ4n) is 3.46. The Morgan fingerprint density at radius 1 is 0.929 bits per heavy atom. The first-order valence-electron chi connectivity index (χ1n) is 8.80. The van der Waals surface area contributed by atoms with Crippen LogP contribution in [0.2, 0.25) is 5.02 Å². The van der Waals surface area contributed by atoms with Gasteiger partial charge in [0, 0.05) is 20.8 Å². The predicted octanol–water partition coefficient (Wildman–Crippen LogP) is 6.47. The molecule has 0 saturated heterocycles. The first kappa shape index (κ1) is 18.8. The fraction of sp³-hybridized carbons (Fsp3) is 0.0870. The van der Waals surface area contributed by atoms with E-state index >= 15 is 0 Å². The Bertz CT molecular complexity index is 1060. The SMILES string of the molecule is Cc1ccc(C2=C(O)C(=O)N(c3ccc(Cl)cc3)C2c2ccc(Br)cc2)cc1. The van der Waals surface area contributed by atoms with Gasteiger partial charge in [-0.05, 0) is 54.4 Å². The van der Waals surface area contributed by atoms with E-state index in [1.807, 2.05) is 55.5 Å². The summed E-state index contributed by atoms with van der Waals surface area (Å²) in [5, 5.41) is 11.4. The van der Waals surface area contributed by atoms with E-state index in [-0.39, 0.29) is 5.76 Å². The number of halogens is 2. The molecule has 3 nitrogen and oxygen atoms in total. The van der Waals surface area contributed by atoms with Crippen molar-refractivity contribution < 1.29 is 9.90 Å². The highest BCUT2D eigenvalue weighted by molar-refractivity contribution is 9.10. The van der Waals surface area contributed by atoms with E-state index in [0.29, 0.717) is 16.3 Å². The van der Waals surface area contributed by atoms with E-state index in [1.165, 1.54) is 0 Å². The Kier molecular flexibility index (Phi) is 5.00. The third kappa shape index (κ3) is 3.34. The monoisotopic (exact) mass is 453 g/mol. The normalized spacial score (nSPS) is 16.8. The second-order valence-corrected chi connectivity index (χ2v) is 8.09. The van der Waals surface area contributed by atoms with Gasteiger partial charge < -0.3 is 5.11 Å². The molecule has 3 aromatic carbocycles. The number of rotatable bonds is 3. The molecule has 0 saturated carbocycles. The van der Waals surface area contributed by atoms with E-state index in [1.54, 1.807) is 29.2 Å².